The van der Waals surface area contributed by atoms with Crippen LogP contribution in [0.3, 0.4) is 0 Å². The van der Waals surface area contributed by atoms with Gasteiger partial charge in [-0.05, 0) is 61.9 Å². The second-order valence-corrected chi connectivity index (χ2v) is 7.00. The number of anilines is 1. The van der Waals surface area contributed by atoms with Crippen molar-refractivity contribution in [3.05, 3.63) is 50.9 Å². The molecule has 23 heavy (non-hydrogen) atoms. The Morgan fingerprint density at radius 2 is 1.87 bits per heavy atom. The van der Waals surface area contributed by atoms with Gasteiger partial charge in [-0.25, -0.2) is 0 Å². The molecule has 1 aromatic carbocycles. The van der Waals surface area contributed by atoms with Crippen molar-refractivity contribution in [2.75, 3.05) is 12.4 Å². The first-order chi connectivity index (χ1) is 11.0. The van der Waals surface area contributed by atoms with Crippen LogP contribution in [0.1, 0.15) is 48.7 Å². The summed E-state index contributed by atoms with van der Waals surface area (Å²) >= 11 is 1.53. The van der Waals surface area contributed by atoms with E-state index >= 15 is 0 Å². The number of benzene rings is 1. The summed E-state index contributed by atoms with van der Waals surface area (Å²) in [6.07, 6.45) is 2.98. The molecule has 0 atom stereocenters. The van der Waals surface area contributed by atoms with Gasteiger partial charge in [-0.3, -0.25) is 9.59 Å². The molecular formula is C18H20N2O2S. The van der Waals surface area contributed by atoms with Gasteiger partial charge in [0, 0.05) is 17.5 Å². The van der Waals surface area contributed by atoms with Crippen LogP contribution in [0.5, 0.6) is 0 Å². The topological polar surface area (TPSA) is 58.2 Å². The Kier molecular flexibility index (Phi) is 4.22. The summed E-state index contributed by atoms with van der Waals surface area (Å²) in [5.74, 6) is -0.294. The van der Waals surface area contributed by atoms with Crippen LogP contribution in [-0.2, 0) is 12.8 Å². The van der Waals surface area contributed by atoms with Crippen molar-refractivity contribution in [2.24, 2.45) is 0 Å². The van der Waals surface area contributed by atoms with Crippen molar-refractivity contribution < 1.29 is 9.59 Å². The third-order valence-corrected chi connectivity index (χ3v) is 5.58. The standard InChI is InChI=1S/C18H20N2O2S/c1-10-7-8-12(9-11(10)2)16(21)20-18-15(17(22)19-3)13-5-4-6-14(13)23-18/h7-9H,4-6H2,1-3H3,(H,19,22)(H,20,21). The van der Waals surface area contributed by atoms with E-state index in [0.29, 0.717) is 16.1 Å². The average Bonchev–Trinajstić information content (AvgIpc) is 3.09. The number of amides is 2. The molecule has 1 aliphatic rings. The zero-order chi connectivity index (χ0) is 16.6. The third-order valence-electron chi connectivity index (χ3n) is 4.37. The van der Waals surface area contributed by atoms with E-state index in [-0.39, 0.29) is 11.8 Å². The number of carbonyl (C=O) groups is 2. The second kappa shape index (κ2) is 6.16. The van der Waals surface area contributed by atoms with Crippen molar-refractivity contribution in [1.29, 1.82) is 0 Å². The maximum atomic E-state index is 12.5. The lowest BCUT2D eigenvalue weighted by Crippen LogP contribution is -2.21. The number of carbonyl (C=O) groups excluding carboxylic acids is 2. The van der Waals surface area contributed by atoms with Gasteiger partial charge in [0.1, 0.15) is 5.00 Å². The molecule has 120 valence electrons. The molecule has 0 radical (unpaired) electrons. The van der Waals surface area contributed by atoms with Crippen LogP contribution in [0, 0.1) is 13.8 Å². The molecule has 2 amide bonds. The number of rotatable bonds is 3. The molecule has 5 heteroatoms. The van der Waals surface area contributed by atoms with E-state index in [1.807, 2.05) is 32.0 Å². The molecule has 0 unspecified atom stereocenters. The molecule has 3 rings (SSSR count). The minimum Gasteiger partial charge on any atom is -0.355 e. The summed E-state index contributed by atoms with van der Waals surface area (Å²) in [6.45, 7) is 4.01. The van der Waals surface area contributed by atoms with Crippen LogP contribution in [-0.4, -0.2) is 18.9 Å². The van der Waals surface area contributed by atoms with Crippen LogP contribution in [0.15, 0.2) is 18.2 Å². The highest BCUT2D eigenvalue weighted by Gasteiger charge is 2.27. The van der Waals surface area contributed by atoms with Crippen LogP contribution in [0.4, 0.5) is 5.00 Å². The average molecular weight is 328 g/mol. The Balaban J connectivity index is 1.92. The lowest BCUT2D eigenvalue weighted by atomic mass is 10.1. The highest BCUT2D eigenvalue weighted by molar-refractivity contribution is 7.17. The van der Waals surface area contributed by atoms with Crippen molar-refractivity contribution in [3.63, 3.8) is 0 Å². The SMILES string of the molecule is CNC(=O)c1c(NC(=O)c2ccc(C)c(C)c2)sc2c1CCC2. The fourth-order valence-corrected chi connectivity index (χ4v) is 4.20. The Hall–Kier alpha value is -2.14. The van der Waals surface area contributed by atoms with Crippen molar-refractivity contribution >= 4 is 28.2 Å². The predicted octanol–water partition coefficient (Wildman–Crippen LogP) is 3.47. The molecule has 0 aliphatic heterocycles. The lowest BCUT2D eigenvalue weighted by molar-refractivity contribution is 0.0963. The van der Waals surface area contributed by atoms with Gasteiger partial charge in [-0.1, -0.05) is 6.07 Å². The van der Waals surface area contributed by atoms with Crippen LogP contribution < -0.4 is 10.6 Å². The highest BCUT2D eigenvalue weighted by Crippen LogP contribution is 2.39. The van der Waals surface area contributed by atoms with Gasteiger partial charge in [0.05, 0.1) is 5.56 Å². The number of thiophene rings is 1. The van der Waals surface area contributed by atoms with E-state index in [1.165, 1.54) is 16.2 Å². The fraction of sp³-hybridized carbons (Fsp3) is 0.333. The molecule has 1 aromatic heterocycles. The minimum atomic E-state index is -0.168. The zero-order valence-electron chi connectivity index (χ0n) is 13.6. The van der Waals surface area contributed by atoms with E-state index in [4.69, 9.17) is 0 Å². The fourth-order valence-electron chi connectivity index (χ4n) is 2.92. The van der Waals surface area contributed by atoms with Crippen LogP contribution in [0.25, 0.3) is 0 Å². The van der Waals surface area contributed by atoms with Crippen LogP contribution >= 0.6 is 11.3 Å². The molecule has 1 aliphatic carbocycles. The maximum Gasteiger partial charge on any atom is 0.256 e. The molecule has 2 aromatic rings. The van der Waals surface area contributed by atoms with Gasteiger partial charge in [0.2, 0.25) is 0 Å². The second-order valence-electron chi connectivity index (χ2n) is 5.89. The van der Waals surface area contributed by atoms with E-state index in [1.54, 1.807) is 7.05 Å². The van der Waals surface area contributed by atoms with Gasteiger partial charge in [-0.15, -0.1) is 11.3 Å². The van der Waals surface area contributed by atoms with E-state index in [2.05, 4.69) is 10.6 Å². The number of hydrogen-bond acceptors (Lipinski definition) is 3. The zero-order valence-corrected chi connectivity index (χ0v) is 14.4. The number of nitrogens with one attached hydrogen (secondary N) is 2. The summed E-state index contributed by atoms with van der Waals surface area (Å²) in [5.41, 5.74) is 4.59. The minimum absolute atomic E-state index is 0.125. The van der Waals surface area contributed by atoms with Gasteiger partial charge in [-0.2, -0.15) is 0 Å². The van der Waals surface area contributed by atoms with E-state index in [9.17, 15) is 9.59 Å². The largest absolute Gasteiger partial charge is 0.355 e. The Bertz CT molecular complexity index is 793. The summed E-state index contributed by atoms with van der Waals surface area (Å²) in [7, 11) is 1.62. The maximum absolute atomic E-state index is 12.5. The molecule has 0 spiro atoms. The Morgan fingerprint density at radius 3 is 2.57 bits per heavy atom. The van der Waals surface area contributed by atoms with Crippen LogP contribution in [0.2, 0.25) is 0 Å². The first kappa shape index (κ1) is 15.7. The molecular weight excluding hydrogens is 308 g/mol. The molecule has 0 saturated heterocycles. The summed E-state index contributed by atoms with van der Waals surface area (Å²) in [4.78, 5) is 26.0. The molecule has 0 fully saturated rings. The molecule has 0 saturated carbocycles. The van der Waals surface area contributed by atoms with E-state index < -0.39 is 0 Å². The molecule has 1 heterocycles. The number of aryl methyl sites for hydroxylation is 3. The first-order valence-electron chi connectivity index (χ1n) is 7.76. The Morgan fingerprint density at radius 1 is 1.09 bits per heavy atom. The molecule has 0 bridgehead atoms. The van der Waals surface area contributed by atoms with Gasteiger partial charge in [0.25, 0.3) is 11.8 Å². The smallest absolute Gasteiger partial charge is 0.256 e. The number of fused-ring (bicyclic) bond motifs is 1. The lowest BCUT2D eigenvalue weighted by Gasteiger charge is -2.09. The monoisotopic (exact) mass is 328 g/mol. The summed E-state index contributed by atoms with van der Waals surface area (Å²) in [6, 6.07) is 5.64. The van der Waals surface area contributed by atoms with Gasteiger partial charge < -0.3 is 10.6 Å². The quantitative estimate of drug-likeness (QED) is 0.906. The molecule has 4 nitrogen and oxygen atoms in total. The third kappa shape index (κ3) is 2.88. The summed E-state index contributed by atoms with van der Waals surface area (Å²) < 4.78 is 0. The predicted molar refractivity (Wildman–Crippen MR) is 93.6 cm³/mol. The van der Waals surface area contributed by atoms with Gasteiger partial charge >= 0.3 is 0 Å². The number of hydrogen-bond donors (Lipinski definition) is 2. The highest BCUT2D eigenvalue weighted by atomic mass is 32.1. The first-order valence-corrected chi connectivity index (χ1v) is 8.58. The molecule has 2 N–H and O–H groups in total. The normalized spacial score (nSPS) is 12.8. The van der Waals surface area contributed by atoms with Crippen molar-refractivity contribution in [2.45, 2.75) is 33.1 Å². The summed E-state index contributed by atoms with van der Waals surface area (Å²) in [5, 5.41) is 6.28. The van der Waals surface area contributed by atoms with Crippen molar-refractivity contribution in [1.82, 2.24) is 5.32 Å². The van der Waals surface area contributed by atoms with Gasteiger partial charge in [0.15, 0.2) is 0 Å². The van der Waals surface area contributed by atoms with E-state index in [0.717, 1.165) is 36.0 Å². The Labute approximate surface area is 139 Å². The van der Waals surface area contributed by atoms with Crippen molar-refractivity contribution in [3.8, 4) is 0 Å².